The second-order valence-corrected chi connectivity index (χ2v) is 6.89. The van der Waals surface area contributed by atoms with Crippen molar-refractivity contribution in [3.8, 4) is 5.88 Å². The van der Waals surface area contributed by atoms with E-state index in [1.54, 1.807) is 30.3 Å². The van der Waals surface area contributed by atoms with E-state index in [1.807, 2.05) is 20.8 Å². The largest absolute Gasteiger partial charge is 0.475 e. The number of piperazine rings is 1. The topological polar surface area (TPSA) is 84.0 Å². The van der Waals surface area contributed by atoms with Crippen LogP contribution >= 0.6 is 0 Å². The van der Waals surface area contributed by atoms with Crippen LogP contribution in [-0.2, 0) is 9.53 Å². The average Bonchev–Trinajstić information content (AvgIpc) is 2.67. The van der Waals surface area contributed by atoms with Gasteiger partial charge >= 0.3 is 0 Å². The van der Waals surface area contributed by atoms with Gasteiger partial charge in [-0.15, -0.1) is 0 Å². The first-order valence-corrected chi connectivity index (χ1v) is 9.34. The Morgan fingerprint density at radius 3 is 2.52 bits per heavy atom. The zero-order chi connectivity index (χ0) is 19.8. The number of pyridine rings is 1. The van der Waals surface area contributed by atoms with Crippen molar-refractivity contribution in [2.45, 2.75) is 32.9 Å². The Kier molecular flexibility index (Phi) is 7.99. The number of carbonyl (C=O) groups excluding carboxylic acids is 2. The van der Waals surface area contributed by atoms with Gasteiger partial charge in [-0.25, -0.2) is 4.98 Å². The molecule has 0 spiro atoms. The summed E-state index contributed by atoms with van der Waals surface area (Å²) in [6.07, 6.45) is 1.57. The monoisotopic (exact) mass is 378 g/mol. The molecule has 150 valence electrons. The minimum absolute atomic E-state index is 0.0248. The standard InChI is InChI=1S/C19H30N4O4/c1-14(2)21-18(24)15(3)22-7-9-23(10-8-22)19(25)16-5-6-20-17(13-16)27-12-11-26-4/h5-6,13-15H,7-12H2,1-4H3,(H,21,24)/t15-/m0/s1. The number of rotatable bonds is 8. The van der Waals surface area contributed by atoms with E-state index in [9.17, 15) is 9.59 Å². The van der Waals surface area contributed by atoms with Crippen LogP contribution in [0.4, 0.5) is 0 Å². The minimum atomic E-state index is -0.202. The van der Waals surface area contributed by atoms with Gasteiger partial charge in [0.25, 0.3) is 5.91 Å². The average molecular weight is 378 g/mol. The molecule has 1 aromatic rings. The Morgan fingerprint density at radius 2 is 1.89 bits per heavy atom. The van der Waals surface area contributed by atoms with Crippen LogP contribution in [0, 0.1) is 0 Å². The van der Waals surface area contributed by atoms with Gasteiger partial charge in [0.15, 0.2) is 0 Å². The summed E-state index contributed by atoms with van der Waals surface area (Å²) in [6.45, 7) is 9.15. The number of ether oxygens (including phenoxy) is 2. The van der Waals surface area contributed by atoms with Crippen LogP contribution in [0.1, 0.15) is 31.1 Å². The molecule has 0 aromatic carbocycles. The third kappa shape index (κ3) is 6.18. The van der Waals surface area contributed by atoms with Crippen molar-refractivity contribution in [1.29, 1.82) is 0 Å². The molecule has 0 saturated carbocycles. The van der Waals surface area contributed by atoms with Crippen LogP contribution in [0.15, 0.2) is 18.3 Å². The van der Waals surface area contributed by atoms with Gasteiger partial charge in [0.2, 0.25) is 11.8 Å². The zero-order valence-electron chi connectivity index (χ0n) is 16.6. The molecule has 1 aliphatic heterocycles. The van der Waals surface area contributed by atoms with Gasteiger partial charge in [-0.05, 0) is 26.8 Å². The molecule has 1 atom stereocenters. The number of hydrogen-bond donors (Lipinski definition) is 1. The van der Waals surface area contributed by atoms with Crippen molar-refractivity contribution in [2.75, 3.05) is 46.5 Å². The molecule has 2 heterocycles. The highest BCUT2D eigenvalue weighted by Gasteiger charge is 2.28. The molecule has 1 saturated heterocycles. The SMILES string of the molecule is COCCOc1cc(C(=O)N2CCN([C@@H](C)C(=O)NC(C)C)CC2)ccn1. The van der Waals surface area contributed by atoms with E-state index in [0.717, 1.165) is 0 Å². The maximum atomic E-state index is 12.8. The Bertz CT molecular complexity index is 630. The second kappa shape index (κ2) is 10.2. The van der Waals surface area contributed by atoms with Gasteiger partial charge < -0.3 is 19.7 Å². The highest BCUT2D eigenvalue weighted by Crippen LogP contribution is 2.14. The van der Waals surface area contributed by atoms with Gasteiger partial charge in [-0.1, -0.05) is 0 Å². The van der Waals surface area contributed by atoms with Crippen LogP contribution < -0.4 is 10.1 Å². The van der Waals surface area contributed by atoms with E-state index in [1.165, 1.54) is 0 Å². The molecule has 1 aromatic heterocycles. The number of nitrogens with zero attached hydrogens (tertiary/aromatic N) is 3. The van der Waals surface area contributed by atoms with Crippen LogP contribution in [0.25, 0.3) is 0 Å². The number of aromatic nitrogens is 1. The summed E-state index contributed by atoms with van der Waals surface area (Å²) in [5, 5.41) is 2.94. The third-order valence-corrected chi connectivity index (χ3v) is 4.48. The van der Waals surface area contributed by atoms with Crippen LogP contribution in [-0.4, -0.2) is 85.2 Å². The fraction of sp³-hybridized carbons (Fsp3) is 0.632. The molecule has 2 amide bonds. The number of hydrogen-bond acceptors (Lipinski definition) is 6. The highest BCUT2D eigenvalue weighted by atomic mass is 16.5. The summed E-state index contributed by atoms with van der Waals surface area (Å²) in [4.78, 5) is 33.0. The molecule has 1 fully saturated rings. The Morgan fingerprint density at radius 1 is 1.19 bits per heavy atom. The summed E-state index contributed by atoms with van der Waals surface area (Å²) in [6, 6.07) is 3.26. The van der Waals surface area contributed by atoms with Crippen LogP contribution in [0.5, 0.6) is 5.88 Å². The molecule has 27 heavy (non-hydrogen) atoms. The maximum absolute atomic E-state index is 12.8. The summed E-state index contributed by atoms with van der Waals surface area (Å²) in [5.74, 6) is 0.389. The number of methoxy groups -OCH3 is 1. The molecule has 0 bridgehead atoms. The van der Waals surface area contributed by atoms with Crippen molar-refractivity contribution >= 4 is 11.8 Å². The predicted octanol–water partition coefficient (Wildman–Crippen LogP) is 0.778. The van der Waals surface area contributed by atoms with Gasteiger partial charge in [0.1, 0.15) is 6.61 Å². The number of nitrogens with one attached hydrogen (secondary N) is 1. The van der Waals surface area contributed by atoms with Crippen molar-refractivity contribution in [2.24, 2.45) is 0 Å². The number of amides is 2. The minimum Gasteiger partial charge on any atom is -0.475 e. The lowest BCUT2D eigenvalue weighted by Crippen LogP contribution is -2.55. The molecule has 1 N–H and O–H groups in total. The molecule has 8 heteroatoms. The summed E-state index contributed by atoms with van der Waals surface area (Å²) < 4.78 is 10.4. The van der Waals surface area contributed by atoms with E-state index in [4.69, 9.17) is 9.47 Å². The molecule has 0 radical (unpaired) electrons. The Hall–Kier alpha value is -2.19. The zero-order valence-corrected chi connectivity index (χ0v) is 16.6. The normalized spacial score (nSPS) is 16.3. The molecular formula is C19H30N4O4. The lowest BCUT2D eigenvalue weighted by molar-refractivity contribution is -0.126. The lowest BCUT2D eigenvalue weighted by atomic mass is 10.1. The van der Waals surface area contributed by atoms with Crippen LogP contribution in [0.3, 0.4) is 0 Å². The van der Waals surface area contributed by atoms with Gasteiger partial charge in [-0.2, -0.15) is 0 Å². The van der Waals surface area contributed by atoms with Gasteiger partial charge in [-0.3, -0.25) is 14.5 Å². The fourth-order valence-corrected chi connectivity index (χ4v) is 2.92. The molecule has 2 rings (SSSR count). The Balaban J connectivity index is 1.89. The van der Waals surface area contributed by atoms with E-state index >= 15 is 0 Å². The summed E-state index contributed by atoms with van der Waals surface area (Å²) in [5.41, 5.74) is 0.552. The van der Waals surface area contributed by atoms with Crippen molar-refractivity contribution in [3.63, 3.8) is 0 Å². The third-order valence-electron chi connectivity index (χ3n) is 4.48. The Labute approximate surface area is 160 Å². The van der Waals surface area contributed by atoms with Crippen molar-refractivity contribution in [1.82, 2.24) is 20.1 Å². The number of carbonyl (C=O) groups is 2. The van der Waals surface area contributed by atoms with Crippen LogP contribution in [0.2, 0.25) is 0 Å². The van der Waals surface area contributed by atoms with E-state index < -0.39 is 0 Å². The van der Waals surface area contributed by atoms with E-state index in [0.29, 0.717) is 50.8 Å². The molecule has 0 aliphatic carbocycles. The van der Waals surface area contributed by atoms with E-state index in [-0.39, 0.29) is 23.9 Å². The van der Waals surface area contributed by atoms with Gasteiger partial charge in [0.05, 0.1) is 12.6 Å². The molecule has 1 aliphatic rings. The second-order valence-electron chi connectivity index (χ2n) is 6.89. The quantitative estimate of drug-likeness (QED) is 0.673. The molecule has 0 unspecified atom stereocenters. The molecule has 8 nitrogen and oxygen atoms in total. The maximum Gasteiger partial charge on any atom is 0.254 e. The van der Waals surface area contributed by atoms with E-state index in [2.05, 4.69) is 15.2 Å². The van der Waals surface area contributed by atoms with Gasteiger partial charge in [0, 0.05) is 57.2 Å². The summed E-state index contributed by atoms with van der Waals surface area (Å²) in [7, 11) is 1.60. The molecular weight excluding hydrogens is 348 g/mol. The van der Waals surface area contributed by atoms with Crippen molar-refractivity contribution in [3.05, 3.63) is 23.9 Å². The highest BCUT2D eigenvalue weighted by molar-refractivity contribution is 5.94. The first-order valence-electron chi connectivity index (χ1n) is 9.34. The summed E-state index contributed by atoms with van der Waals surface area (Å²) >= 11 is 0. The predicted molar refractivity (Wildman–Crippen MR) is 102 cm³/mol. The first-order chi connectivity index (χ1) is 12.9. The smallest absolute Gasteiger partial charge is 0.254 e. The lowest BCUT2D eigenvalue weighted by Gasteiger charge is -2.37. The first kappa shape index (κ1) is 21.1. The van der Waals surface area contributed by atoms with Crippen molar-refractivity contribution < 1.29 is 19.1 Å². The fourth-order valence-electron chi connectivity index (χ4n) is 2.92.